The van der Waals surface area contributed by atoms with Gasteiger partial charge in [-0.1, -0.05) is 18.2 Å². The fraction of sp³-hybridized carbons (Fsp3) is 0.227. The number of carbonyl (C=O) groups excluding carboxylic acids is 2. The van der Waals surface area contributed by atoms with Gasteiger partial charge in [-0.3, -0.25) is 4.79 Å². The van der Waals surface area contributed by atoms with Crippen LogP contribution in [0.15, 0.2) is 48.5 Å². The van der Waals surface area contributed by atoms with Gasteiger partial charge in [-0.2, -0.15) is 5.26 Å². The molecule has 148 valence electrons. The number of nitrogens with zero attached hydrogens (tertiary/aromatic N) is 2. The quantitative estimate of drug-likeness (QED) is 0.532. The van der Waals surface area contributed by atoms with Crippen LogP contribution in [0.4, 0.5) is 0 Å². The van der Waals surface area contributed by atoms with Crippen molar-refractivity contribution in [1.29, 1.82) is 5.26 Å². The molecular formula is C22H20N2O5. The van der Waals surface area contributed by atoms with E-state index >= 15 is 0 Å². The number of likely N-dealkylation sites (N-methyl/N-ethyl adjacent to an activating group) is 1. The highest BCUT2D eigenvalue weighted by atomic mass is 16.7. The number of hydrogen-bond donors (Lipinski definition) is 0. The summed E-state index contributed by atoms with van der Waals surface area (Å²) >= 11 is 0. The van der Waals surface area contributed by atoms with Crippen LogP contribution in [0.25, 0.3) is 6.08 Å². The Bertz CT molecular complexity index is 960. The average Bonchev–Trinajstić information content (AvgIpc) is 3.22. The fourth-order valence-corrected chi connectivity index (χ4v) is 2.74. The van der Waals surface area contributed by atoms with Gasteiger partial charge in [0.1, 0.15) is 0 Å². The number of benzene rings is 2. The first-order chi connectivity index (χ1) is 14.1. The molecule has 0 bridgehead atoms. The van der Waals surface area contributed by atoms with Crippen molar-refractivity contribution in [3.05, 3.63) is 65.2 Å². The molecule has 0 N–H and O–H groups in total. The Balaban J connectivity index is 1.50. The van der Waals surface area contributed by atoms with Crippen molar-refractivity contribution in [2.45, 2.75) is 13.5 Å². The van der Waals surface area contributed by atoms with Crippen molar-refractivity contribution in [3.8, 4) is 17.6 Å². The predicted molar refractivity (Wildman–Crippen MR) is 105 cm³/mol. The Morgan fingerprint density at radius 3 is 2.66 bits per heavy atom. The van der Waals surface area contributed by atoms with Gasteiger partial charge in [0.15, 0.2) is 18.1 Å². The SMILES string of the molecule is CCN(Cc1ccc2c(c1)OCO2)C(=O)COC(=O)/C=C/c1ccc(C#N)cc1. The van der Waals surface area contributed by atoms with Crippen molar-refractivity contribution in [3.63, 3.8) is 0 Å². The molecule has 3 rings (SSSR count). The Labute approximate surface area is 168 Å². The van der Waals surface area contributed by atoms with E-state index in [1.165, 1.54) is 6.08 Å². The lowest BCUT2D eigenvalue weighted by Gasteiger charge is -2.20. The highest BCUT2D eigenvalue weighted by Gasteiger charge is 2.17. The van der Waals surface area contributed by atoms with E-state index in [-0.39, 0.29) is 19.3 Å². The molecule has 0 aliphatic carbocycles. The maximum absolute atomic E-state index is 12.4. The molecule has 2 aromatic rings. The first-order valence-corrected chi connectivity index (χ1v) is 9.10. The molecular weight excluding hydrogens is 372 g/mol. The van der Waals surface area contributed by atoms with Gasteiger partial charge in [-0.15, -0.1) is 0 Å². The summed E-state index contributed by atoms with van der Waals surface area (Å²) < 4.78 is 15.7. The van der Waals surface area contributed by atoms with Crippen LogP contribution in [0.5, 0.6) is 11.5 Å². The number of fused-ring (bicyclic) bond motifs is 1. The van der Waals surface area contributed by atoms with Gasteiger partial charge in [0.05, 0.1) is 11.6 Å². The smallest absolute Gasteiger partial charge is 0.331 e. The molecule has 1 aliphatic heterocycles. The van der Waals surface area contributed by atoms with E-state index in [1.54, 1.807) is 35.2 Å². The minimum atomic E-state index is -0.609. The first-order valence-electron chi connectivity index (χ1n) is 9.10. The Morgan fingerprint density at radius 1 is 1.17 bits per heavy atom. The average molecular weight is 392 g/mol. The molecule has 0 fully saturated rings. The molecule has 0 aromatic heterocycles. The third-order valence-electron chi connectivity index (χ3n) is 4.33. The van der Waals surface area contributed by atoms with E-state index in [4.69, 9.17) is 19.5 Å². The lowest BCUT2D eigenvalue weighted by Crippen LogP contribution is -2.33. The zero-order chi connectivity index (χ0) is 20.6. The number of rotatable bonds is 7. The minimum Gasteiger partial charge on any atom is -0.454 e. The lowest BCUT2D eigenvalue weighted by atomic mass is 10.1. The van der Waals surface area contributed by atoms with Crippen molar-refractivity contribution >= 4 is 18.0 Å². The van der Waals surface area contributed by atoms with Crippen LogP contribution in [0.3, 0.4) is 0 Å². The third-order valence-corrected chi connectivity index (χ3v) is 4.33. The van der Waals surface area contributed by atoms with Crippen LogP contribution in [-0.4, -0.2) is 36.7 Å². The van der Waals surface area contributed by atoms with Crippen LogP contribution >= 0.6 is 0 Å². The summed E-state index contributed by atoms with van der Waals surface area (Å²) in [6.07, 6.45) is 2.82. The number of carbonyl (C=O) groups is 2. The van der Waals surface area contributed by atoms with Crippen LogP contribution in [0.2, 0.25) is 0 Å². The maximum Gasteiger partial charge on any atom is 0.331 e. The van der Waals surface area contributed by atoms with E-state index < -0.39 is 5.97 Å². The van der Waals surface area contributed by atoms with Crippen LogP contribution in [0.1, 0.15) is 23.6 Å². The van der Waals surface area contributed by atoms with E-state index in [1.807, 2.05) is 31.2 Å². The largest absolute Gasteiger partial charge is 0.454 e. The third kappa shape index (κ3) is 5.36. The van der Waals surface area contributed by atoms with Crippen molar-refractivity contribution in [2.24, 2.45) is 0 Å². The van der Waals surface area contributed by atoms with Crippen LogP contribution in [-0.2, 0) is 20.9 Å². The van der Waals surface area contributed by atoms with Gasteiger partial charge in [-0.05, 0) is 48.4 Å². The standard InChI is InChI=1S/C22H20N2O5/c1-2-24(13-18-7-9-19-20(11-18)29-15-28-19)21(25)14-27-22(26)10-8-16-3-5-17(12-23)6-4-16/h3-11H,2,13-15H2,1H3/b10-8+. The second-order valence-corrected chi connectivity index (χ2v) is 6.27. The molecule has 7 nitrogen and oxygen atoms in total. The molecule has 0 spiro atoms. The molecule has 1 heterocycles. The van der Waals surface area contributed by atoms with E-state index in [2.05, 4.69) is 0 Å². The Hall–Kier alpha value is -3.79. The molecule has 1 amide bonds. The zero-order valence-corrected chi connectivity index (χ0v) is 16.0. The Kier molecular flexibility index (Phi) is 6.48. The highest BCUT2D eigenvalue weighted by molar-refractivity contribution is 5.89. The topological polar surface area (TPSA) is 88.9 Å². The van der Waals surface area contributed by atoms with Gasteiger partial charge in [0.2, 0.25) is 6.79 Å². The second kappa shape index (κ2) is 9.42. The van der Waals surface area contributed by atoms with Gasteiger partial charge in [0.25, 0.3) is 5.91 Å². The van der Waals surface area contributed by atoms with Gasteiger partial charge in [0, 0.05) is 19.2 Å². The summed E-state index contributed by atoms with van der Waals surface area (Å²) in [5.74, 6) is 0.448. The molecule has 0 unspecified atom stereocenters. The zero-order valence-electron chi connectivity index (χ0n) is 16.0. The maximum atomic E-state index is 12.4. The molecule has 0 atom stereocenters. The monoisotopic (exact) mass is 392 g/mol. The summed E-state index contributed by atoms with van der Waals surface area (Å²) in [5, 5.41) is 8.78. The summed E-state index contributed by atoms with van der Waals surface area (Å²) in [7, 11) is 0. The van der Waals surface area contributed by atoms with Gasteiger partial charge in [-0.25, -0.2) is 4.79 Å². The van der Waals surface area contributed by atoms with Gasteiger partial charge >= 0.3 is 5.97 Å². The van der Waals surface area contributed by atoms with Crippen LogP contribution in [0, 0.1) is 11.3 Å². The molecule has 0 radical (unpaired) electrons. The minimum absolute atomic E-state index is 0.196. The summed E-state index contributed by atoms with van der Waals surface area (Å²) in [6.45, 7) is 2.57. The summed E-state index contributed by atoms with van der Waals surface area (Å²) in [4.78, 5) is 25.9. The molecule has 1 aliphatic rings. The fourth-order valence-electron chi connectivity index (χ4n) is 2.74. The molecule has 0 saturated carbocycles. The molecule has 29 heavy (non-hydrogen) atoms. The van der Waals surface area contributed by atoms with Gasteiger partial charge < -0.3 is 19.1 Å². The lowest BCUT2D eigenvalue weighted by molar-refractivity contribution is -0.148. The van der Waals surface area contributed by atoms with Crippen molar-refractivity contribution in [2.75, 3.05) is 19.9 Å². The molecule has 0 saturated heterocycles. The summed E-state index contributed by atoms with van der Waals surface area (Å²) in [5.41, 5.74) is 2.19. The van der Waals surface area contributed by atoms with Crippen molar-refractivity contribution < 1.29 is 23.8 Å². The highest BCUT2D eigenvalue weighted by Crippen LogP contribution is 2.32. The van der Waals surface area contributed by atoms with E-state index in [0.29, 0.717) is 30.2 Å². The number of amides is 1. The van der Waals surface area contributed by atoms with Crippen molar-refractivity contribution in [1.82, 2.24) is 4.90 Å². The number of nitriles is 1. The van der Waals surface area contributed by atoms with Crippen LogP contribution < -0.4 is 9.47 Å². The normalized spacial score (nSPS) is 11.9. The van der Waals surface area contributed by atoms with E-state index in [0.717, 1.165) is 11.1 Å². The number of hydrogen-bond acceptors (Lipinski definition) is 6. The molecule has 2 aromatic carbocycles. The first kappa shape index (κ1) is 20.0. The number of ether oxygens (including phenoxy) is 3. The number of esters is 1. The Morgan fingerprint density at radius 2 is 1.93 bits per heavy atom. The van der Waals surface area contributed by atoms with E-state index in [9.17, 15) is 9.59 Å². The second-order valence-electron chi connectivity index (χ2n) is 6.27. The summed E-state index contributed by atoms with van der Waals surface area (Å²) in [6, 6.07) is 14.3. The molecule has 7 heteroatoms. The predicted octanol–water partition coefficient (Wildman–Crippen LogP) is 2.89.